The molecule has 4 nitrogen and oxygen atoms in total. The molecule has 2 fully saturated rings. The van der Waals surface area contributed by atoms with Gasteiger partial charge in [0.15, 0.2) is 0 Å². The second-order valence-corrected chi connectivity index (χ2v) is 6.24. The van der Waals surface area contributed by atoms with Gasteiger partial charge in [-0.15, -0.1) is 0 Å². The number of hydrogen-bond donors (Lipinski definition) is 1. The minimum absolute atomic E-state index is 0.0732. The Balaban J connectivity index is 1.59. The molecule has 1 heterocycles. The molecule has 0 radical (unpaired) electrons. The molecule has 0 aromatic heterocycles. The molecular formula is C17H24N2O2. The van der Waals surface area contributed by atoms with Crippen LogP contribution in [-0.4, -0.2) is 32.2 Å². The number of carbonyl (C=O) groups excluding carboxylic acids is 1. The zero-order chi connectivity index (χ0) is 14.8. The van der Waals surface area contributed by atoms with E-state index in [0.29, 0.717) is 5.92 Å². The number of morpholine rings is 1. The maximum atomic E-state index is 12.0. The van der Waals surface area contributed by atoms with E-state index in [0.717, 1.165) is 38.3 Å². The maximum Gasteiger partial charge on any atom is 0.223 e. The molecule has 1 aromatic rings. The highest BCUT2D eigenvalue weighted by atomic mass is 16.5. The Bertz CT molecular complexity index is 494. The molecule has 1 aliphatic heterocycles. The molecule has 3 atom stereocenters. The first-order valence-electron chi connectivity index (χ1n) is 7.88. The summed E-state index contributed by atoms with van der Waals surface area (Å²) in [5.74, 6) is 0.994. The summed E-state index contributed by atoms with van der Waals surface area (Å²) in [7, 11) is 0. The largest absolute Gasteiger partial charge is 0.378 e. The van der Waals surface area contributed by atoms with Crippen molar-refractivity contribution in [3.05, 3.63) is 29.8 Å². The number of ether oxygens (including phenoxy) is 1. The van der Waals surface area contributed by atoms with E-state index in [1.165, 1.54) is 5.69 Å². The molecule has 0 unspecified atom stereocenters. The Kier molecular flexibility index (Phi) is 4.15. The van der Waals surface area contributed by atoms with Crippen molar-refractivity contribution in [2.45, 2.75) is 26.3 Å². The van der Waals surface area contributed by atoms with Crippen molar-refractivity contribution in [1.82, 2.24) is 5.32 Å². The van der Waals surface area contributed by atoms with Crippen LogP contribution in [0.2, 0.25) is 0 Å². The zero-order valence-electron chi connectivity index (χ0n) is 12.8. The number of hydrogen-bond acceptors (Lipinski definition) is 3. The summed E-state index contributed by atoms with van der Waals surface area (Å²) in [6, 6.07) is 8.59. The highest BCUT2D eigenvalue weighted by Crippen LogP contribution is 2.38. The Labute approximate surface area is 126 Å². The van der Waals surface area contributed by atoms with Gasteiger partial charge >= 0.3 is 0 Å². The molecule has 1 aromatic carbocycles. The van der Waals surface area contributed by atoms with Crippen molar-refractivity contribution in [1.29, 1.82) is 0 Å². The third kappa shape index (κ3) is 3.38. The molecule has 1 saturated carbocycles. The fourth-order valence-electron chi connectivity index (χ4n) is 2.89. The summed E-state index contributed by atoms with van der Waals surface area (Å²) >= 11 is 0. The third-order valence-electron chi connectivity index (χ3n) is 4.57. The molecular weight excluding hydrogens is 264 g/mol. The molecule has 1 N–H and O–H groups in total. The molecule has 1 amide bonds. The van der Waals surface area contributed by atoms with Gasteiger partial charge in [-0.1, -0.05) is 19.1 Å². The van der Waals surface area contributed by atoms with E-state index in [1.54, 1.807) is 0 Å². The van der Waals surface area contributed by atoms with Crippen LogP contribution in [0.5, 0.6) is 0 Å². The second-order valence-electron chi connectivity index (χ2n) is 6.24. The Morgan fingerprint density at radius 3 is 2.48 bits per heavy atom. The normalized spacial score (nSPS) is 26.3. The number of carbonyl (C=O) groups is 1. The maximum absolute atomic E-state index is 12.0. The van der Waals surface area contributed by atoms with Gasteiger partial charge in [-0.05, 0) is 37.0 Å². The van der Waals surface area contributed by atoms with Crippen LogP contribution >= 0.6 is 0 Å². The van der Waals surface area contributed by atoms with E-state index >= 15 is 0 Å². The molecule has 3 rings (SSSR count). The summed E-state index contributed by atoms with van der Waals surface area (Å²) in [4.78, 5) is 14.3. The van der Waals surface area contributed by atoms with Crippen molar-refractivity contribution in [3.8, 4) is 0 Å². The lowest BCUT2D eigenvalue weighted by Gasteiger charge is -2.29. The Hall–Kier alpha value is -1.55. The minimum atomic E-state index is 0.0732. The predicted octanol–water partition coefficient (Wildman–Crippen LogP) is 2.36. The molecule has 1 saturated heterocycles. The van der Waals surface area contributed by atoms with Crippen LogP contribution in [0.25, 0.3) is 0 Å². The van der Waals surface area contributed by atoms with Gasteiger partial charge in [-0.3, -0.25) is 4.79 Å². The number of benzene rings is 1. The second kappa shape index (κ2) is 6.06. The molecule has 21 heavy (non-hydrogen) atoms. The van der Waals surface area contributed by atoms with E-state index in [2.05, 4.69) is 48.3 Å². The number of anilines is 1. The van der Waals surface area contributed by atoms with Crippen molar-refractivity contribution < 1.29 is 9.53 Å². The first kappa shape index (κ1) is 14.4. The van der Waals surface area contributed by atoms with Crippen molar-refractivity contribution in [2.24, 2.45) is 11.8 Å². The van der Waals surface area contributed by atoms with Gasteiger partial charge in [-0.2, -0.15) is 0 Å². The van der Waals surface area contributed by atoms with Crippen molar-refractivity contribution in [3.63, 3.8) is 0 Å². The molecule has 4 heteroatoms. The van der Waals surface area contributed by atoms with Crippen LogP contribution in [-0.2, 0) is 9.53 Å². The molecule has 1 aliphatic carbocycles. The van der Waals surface area contributed by atoms with Crippen molar-refractivity contribution >= 4 is 11.6 Å². The van der Waals surface area contributed by atoms with E-state index < -0.39 is 0 Å². The standard InChI is InChI=1S/C17H24N2O2/c1-12-11-16(12)17(20)18-13(2)14-3-5-15(6-4-14)19-7-9-21-10-8-19/h3-6,12-13,16H,7-11H2,1-2H3,(H,18,20)/t12-,13-,16-/m0/s1. The summed E-state index contributed by atoms with van der Waals surface area (Å²) in [6.07, 6.45) is 1.04. The van der Waals surface area contributed by atoms with Gasteiger partial charge in [0.1, 0.15) is 0 Å². The van der Waals surface area contributed by atoms with Crippen LogP contribution < -0.4 is 10.2 Å². The summed E-state index contributed by atoms with van der Waals surface area (Å²) in [6.45, 7) is 7.68. The predicted molar refractivity (Wildman–Crippen MR) is 83.3 cm³/mol. The molecule has 2 aliphatic rings. The topological polar surface area (TPSA) is 41.6 Å². The SMILES string of the molecule is C[C@H](NC(=O)[C@H]1C[C@@H]1C)c1ccc(N2CCOCC2)cc1. The summed E-state index contributed by atoms with van der Waals surface area (Å²) in [5.41, 5.74) is 2.39. The van der Waals surface area contributed by atoms with Gasteiger partial charge in [0, 0.05) is 24.7 Å². The van der Waals surface area contributed by atoms with Gasteiger partial charge in [0.25, 0.3) is 0 Å². The fraction of sp³-hybridized carbons (Fsp3) is 0.588. The number of nitrogens with one attached hydrogen (secondary N) is 1. The first-order valence-corrected chi connectivity index (χ1v) is 7.88. The lowest BCUT2D eigenvalue weighted by atomic mass is 10.1. The lowest BCUT2D eigenvalue weighted by molar-refractivity contribution is -0.123. The van der Waals surface area contributed by atoms with E-state index in [9.17, 15) is 4.79 Å². The van der Waals surface area contributed by atoms with Crippen molar-refractivity contribution in [2.75, 3.05) is 31.2 Å². The average molecular weight is 288 g/mol. The monoisotopic (exact) mass is 288 g/mol. The van der Waals surface area contributed by atoms with Crippen LogP contribution in [0.4, 0.5) is 5.69 Å². The van der Waals surface area contributed by atoms with Gasteiger partial charge < -0.3 is 15.0 Å². The minimum Gasteiger partial charge on any atom is -0.378 e. The quantitative estimate of drug-likeness (QED) is 0.924. The highest BCUT2D eigenvalue weighted by molar-refractivity contribution is 5.81. The Morgan fingerprint density at radius 2 is 1.90 bits per heavy atom. The van der Waals surface area contributed by atoms with Gasteiger partial charge in [0.05, 0.1) is 19.3 Å². The average Bonchev–Trinajstić information content (AvgIpc) is 3.25. The lowest BCUT2D eigenvalue weighted by Crippen LogP contribution is -2.36. The summed E-state index contributed by atoms with van der Waals surface area (Å²) in [5, 5.41) is 3.11. The molecule has 0 bridgehead atoms. The third-order valence-corrected chi connectivity index (χ3v) is 4.57. The smallest absolute Gasteiger partial charge is 0.223 e. The molecule has 0 spiro atoms. The first-order chi connectivity index (χ1) is 10.1. The highest BCUT2D eigenvalue weighted by Gasteiger charge is 2.39. The van der Waals surface area contributed by atoms with E-state index in [1.807, 2.05) is 0 Å². The zero-order valence-corrected chi connectivity index (χ0v) is 12.8. The fourth-order valence-corrected chi connectivity index (χ4v) is 2.89. The number of rotatable bonds is 4. The van der Waals surface area contributed by atoms with E-state index in [4.69, 9.17) is 4.74 Å². The van der Waals surface area contributed by atoms with Crippen LogP contribution in [0.1, 0.15) is 31.9 Å². The summed E-state index contributed by atoms with van der Waals surface area (Å²) < 4.78 is 5.37. The van der Waals surface area contributed by atoms with Crippen LogP contribution in [0.15, 0.2) is 24.3 Å². The van der Waals surface area contributed by atoms with Crippen LogP contribution in [0, 0.1) is 11.8 Å². The Morgan fingerprint density at radius 1 is 1.29 bits per heavy atom. The molecule has 114 valence electrons. The van der Waals surface area contributed by atoms with Gasteiger partial charge in [-0.25, -0.2) is 0 Å². The van der Waals surface area contributed by atoms with Crippen LogP contribution in [0.3, 0.4) is 0 Å². The van der Waals surface area contributed by atoms with E-state index in [-0.39, 0.29) is 17.9 Å². The van der Waals surface area contributed by atoms with Gasteiger partial charge in [0.2, 0.25) is 5.91 Å². The number of amides is 1. The number of nitrogens with zero attached hydrogens (tertiary/aromatic N) is 1.